The van der Waals surface area contributed by atoms with Crippen molar-refractivity contribution >= 4 is 5.91 Å². The summed E-state index contributed by atoms with van der Waals surface area (Å²) < 4.78 is 1.72. The molecule has 0 bridgehead atoms. The lowest BCUT2D eigenvalue weighted by Crippen LogP contribution is -2.34. The third kappa shape index (κ3) is 3.39. The van der Waals surface area contributed by atoms with E-state index in [4.69, 9.17) is 0 Å². The van der Waals surface area contributed by atoms with Gasteiger partial charge in [-0.05, 0) is 32.7 Å². The Morgan fingerprint density at radius 2 is 2.23 bits per heavy atom. The van der Waals surface area contributed by atoms with E-state index in [1.54, 1.807) is 22.7 Å². The number of piperidine rings is 1. The lowest BCUT2D eigenvalue weighted by Gasteiger charge is -2.23. The fourth-order valence-corrected chi connectivity index (χ4v) is 3.66. The van der Waals surface area contributed by atoms with Crippen LogP contribution in [-0.2, 0) is 19.6 Å². The molecule has 138 valence electrons. The SMILES string of the molecule is Cc1nc2c(c(=O)[nH]1)CN(C(=O)c1cn(CCC3CCCCN3)nn1)C2. The van der Waals surface area contributed by atoms with Crippen LogP contribution in [-0.4, -0.2) is 48.4 Å². The van der Waals surface area contributed by atoms with E-state index in [-0.39, 0.29) is 18.0 Å². The highest BCUT2D eigenvalue weighted by molar-refractivity contribution is 5.92. The molecule has 2 aromatic heterocycles. The number of hydrogen-bond donors (Lipinski definition) is 2. The van der Waals surface area contributed by atoms with Crippen LogP contribution in [0, 0.1) is 6.92 Å². The van der Waals surface area contributed by atoms with Gasteiger partial charge in [0, 0.05) is 12.6 Å². The normalized spacial score (nSPS) is 19.6. The zero-order valence-electron chi connectivity index (χ0n) is 14.9. The molecule has 1 atom stereocenters. The van der Waals surface area contributed by atoms with Gasteiger partial charge in [0.25, 0.3) is 11.5 Å². The van der Waals surface area contributed by atoms with Crippen LogP contribution in [0.1, 0.15) is 53.3 Å². The summed E-state index contributed by atoms with van der Waals surface area (Å²) in [6.45, 7) is 4.14. The van der Waals surface area contributed by atoms with Gasteiger partial charge in [-0.25, -0.2) is 4.98 Å². The van der Waals surface area contributed by atoms with E-state index in [9.17, 15) is 9.59 Å². The van der Waals surface area contributed by atoms with Crippen molar-refractivity contribution in [1.82, 2.24) is 35.2 Å². The minimum Gasteiger partial charge on any atom is -0.327 e. The number of H-pyrrole nitrogens is 1. The highest BCUT2D eigenvalue weighted by atomic mass is 16.2. The summed E-state index contributed by atoms with van der Waals surface area (Å²) in [4.78, 5) is 33.3. The number of fused-ring (bicyclic) bond motifs is 1. The summed E-state index contributed by atoms with van der Waals surface area (Å²) in [6.07, 6.45) is 6.37. The van der Waals surface area contributed by atoms with Gasteiger partial charge in [-0.2, -0.15) is 0 Å². The molecule has 4 heterocycles. The molecule has 2 N–H and O–H groups in total. The quantitative estimate of drug-likeness (QED) is 0.818. The maximum atomic E-state index is 12.7. The topological polar surface area (TPSA) is 109 Å². The Hall–Kier alpha value is -2.55. The van der Waals surface area contributed by atoms with Crippen molar-refractivity contribution in [2.24, 2.45) is 0 Å². The number of nitrogens with zero attached hydrogens (tertiary/aromatic N) is 5. The van der Waals surface area contributed by atoms with Crippen molar-refractivity contribution in [3.8, 4) is 0 Å². The van der Waals surface area contributed by atoms with Crippen molar-refractivity contribution in [3.05, 3.63) is 39.3 Å². The second kappa shape index (κ2) is 6.99. The van der Waals surface area contributed by atoms with E-state index in [1.807, 2.05) is 0 Å². The molecule has 1 fully saturated rings. The van der Waals surface area contributed by atoms with Crippen LogP contribution in [0.4, 0.5) is 0 Å². The summed E-state index contributed by atoms with van der Waals surface area (Å²) >= 11 is 0. The molecule has 2 aliphatic heterocycles. The van der Waals surface area contributed by atoms with Crippen LogP contribution in [0.2, 0.25) is 0 Å². The van der Waals surface area contributed by atoms with Gasteiger partial charge in [-0.15, -0.1) is 5.10 Å². The molecule has 1 amide bonds. The first kappa shape index (κ1) is 16.9. The van der Waals surface area contributed by atoms with Crippen molar-refractivity contribution in [2.75, 3.05) is 6.54 Å². The number of amides is 1. The second-order valence-corrected chi connectivity index (χ2v) is 7.04. The number of aryl methyl sites for hydroxylation is 2. The lowest BCUT2D eigenvalue weighted by atomic mass is 10.0. The van der Waals surface area contributed by atoms with Crippen molar-refractivity contribution in [1.29, 1.82) is 0 Å². The van der Waals surface area contributed by atoms with Gasteiger partial charge in [0.2, 0.25) is 0 Å². The van der Waals surface area contributed by atoms with E-state index in [2.05, 4.69) is 25.6 Å². The second-order valence-electron chi connectivity index (χ2n) is 7.04. The predicted octanol–water partition coefficient (Wildman–Crippen LogP) is 0.358. The molecule has 0 saturated carbocycles. The van der Waals surface area contributed by atoms with Crippen LogP contribution in [0.25, 0.3) is 0 Å². The smallest absolute Gasteiger partial charge is 0.276 e. The zero-order chi connectivity index (χ0) is 18.1. The van der Waals surface area contributed by atoms with Crippen LogP contribution in [0.15, 0.2) is 11.0 Å². The Labute approximate surface area is 150 Å². The van der Waals surface area contributed by atoms with E-state index in [1.165, 1.54) is 19.3 Å². The molecule has 0 radical (unpaired) electrons. The van der Waals surface area contributed by atoms with Crippen molar-refractivity contribution in [2.45, 2.75) is 58.3 Å². The van der Waals surface area contributed by atoms with E-state index in [0.29, 0.717) is 35.4 Å². The van der Waals surface area contributed by atoms with Crippen LogP contribution in [0.3, 0.4) is 0 Å². The predicted molar refractivity (Wildman–Crippen MR) is 93.5 cm³/mol. The molecule has 9 heteroatoms. The molecule has 2 aliphatic rings. The van der Waals surface area contributed by atoms with Crippen molar-refractivity contribution < 1.29 is 4.79 Å². The van der Waals surface area contributed by atoms with E-state index in [0.717, 1.165) is 19.5 Å². The Morgan fingerprint density at radius 3 is 3.04 bits per heavy atom. The molecule has 1 unspecified atom stereocenters. The number of rotatable bonds is 4. The molecule has 9 nitrogen and oxygen atoms in total. The van der Waals surface area contributed by atoms with Gasteiger partial charge < -0.3 is 15.2 Å². The third-order valence-electron chi connectivity index (χ3n) is 5.07. The monoisotopic (exact) mass is 357 g/mol. The Balaban J connectivity index is 1.39. The minimum absolute atomic E-state index is 0.175. The fraction of sp³-hybridized carbons (Fsp3) is 0.588. The van der Waals surface area contributed by atoms with Gasteiger partial charge in [-0.3, -0.25) is 14.3 Å². The molecule has 2 aromatic rings. The summed E-state index contributed by atoms with van der Waals surface area (Å²) in [6, 6.07) is 0.515. The summed E-state index contributed by atoms with van der Waals surface area (Å²) in [5.74, 6) is 0.340. The third-order valence-corrected chi connectivity index (χ3v) is 5.07. The largest absolute Gasteiger partial charge is 0.327 e. The van der Waals surface area contributed by atoms with Gasteiger partial charge in [0.05, 0.1) is 30.5 Å². The molecular weight excluding hydrogens is 334 g/mol. The fourth-order valence-electron chi connectivity index (χ4n) is 3.66. The maximum Gasteiger partial charge on any atom is 0.276 e. The van der Waals surface area contributed by atoms with E-state index >= 15 is 0 Å². The van der Waals surface area contributed by atoms with E-state index < -0.39 is 0 Å². The number of carbonyl (C=O) groups excluding carboxylic acids is 1. The summed E-state index contributed by atoms with van der Waals surface area (Å²) in [7, 11) is 0. The highest BCUT2D eigenvalue weighted by Gasteiger charge is 2.29. The molecule has 4 rings (SSSR count). The average molecular weight is 357 g/mol. The number of hydrogen-bond acceptors (Lipinski definition) is 6. The van der Waals surface area contributed by atoms with Crippen LogP contribution >= 0.6 is 0 Å². The number of nitrogens with one attached hydrogen (secondary N) is 2. The summed E-state index contributed by atoms with van der Waals surface area (Å²) in [5, 5.41) is 11.6. The van der Waals surface area contributed by atoms with Crippen LogP contribution in [0.5, 0.6) is 0 Å². The van der Waals surface area contributed by atoms with Gasteiger partial charge in [0.15, 0.2) is 5.69 Å². The number of aromatic nitrogens is 5. The standard InChI is InChI=1S/C17H23N7O2/c1-11-19-14-9-23(8-13(14)16(25)20-11)17(26)15-10-24(22-21-15)7-5-12-4-2-3-6-18-12/h10,12,18H,2-9H2,1H3,(H,19,20,25). The first-order chi connectivity index (χ1) is 12.6. The highest BCUT2D eigenvalue weighted by Crippen LogP contribution is 2.19. The number of carbonyl (C=O) groups is 1. The molecule has 0 aliphatic carbocycles. The van der Waals surface area contributed by atoms with Crippen LogP contribution < -0.4 is 10.9 Å². The van der Waals surface area contributed by atoms with Gasteiger partial charge in [0.1, 0.15) is 5.82 Å². The molecule has 1 saturated heterocycles. The van der Waals surface area contributed by atoms with Gasteiger partial charge in [-0.1, -0.05) is 11.6 Å². The van der Waals surface area contributed by atoms with Gasteiger partial charge >= 0.3 is 0 Å². The Morgan fingerprint density at radius 1 is 1.35 bits per heavy atom. The maximum absolute atomic E-state index is 12.7. The zero-order valence-corrected chi connectivity index (χ0v) is 14.9. The Kier molecular flexibility index (Phi) is 4.54. The lowest BCUT2D eigenvalue weighted by molar-refractivity contribution is 0.0744. The average Bonchev–Trinajstić information content (AvgIpc) is 3.27. The molecule has 26 heavy (non-hydrogen) atoms. The Bertz CT molecular complexity index is 866. The first-order valence-electron chi connectivity index (χ1n) is 9.11. The molecule has 0 spiro atoms. The minimum atomic E-state index is -0.220. The van der Waals surface area contributed by atoms with Crippen molar-refractivity contribution in [3.63, 3.8) is 0 Å². The first-order valence-corrected chi connectivity index (χ1v) is 9.11. The molecule has 0 aromatic carbocycles. The molecular formula is C17H23N7O2. The summed E-state index contributed by atoms with van der Waals surface area (Å²) in [5.41, 5.74) is 1.35. The number of aromatic amines is 1.